The summed E-state index contributed by atoms with van der Waals surface area (Å²) in [7, 11) is 0. The van der Waals surface area contributed by atoms with Crippen molar-refractivity contribution in [1.82, 2.24) is 0 Å². The van der Waals surface area contributed by atoms with Crippen molar-refractivity contribution in [3.8, 4) is 0 Å². The van der Waals surface area contributed by atoms with E-state index in [1.165, 1.54) is 24.8 Å². The Kier molecular flexibility index (Phi) is 1.87. The molecule has 0 spiro atoms. The molecule has 1 aromatic carbocycles. The molecule has 0 amide bonds. The first-order valence-corrected chi connectivity index (χ1v) is 6.96. The van der Waals surface area contributed by atoms with E-state index in [2.05, 4.69) is 30.3 Å². The Morgan fingerprint density at radius 2 is 1.59 bits per heavy atom. The highest BCUT2D eigenvalue weighted by Gasteiger charge is 2.57. The molecule has 1 heteroatoms. The SMILES string of the molecule is OC12CC3CC(C1)CC(c1ccccc1)(C3)C2. The van der Waals surface area contributed by atoms with E-state index >= 15 is 0 Å². The summed E-state index contributed by atoms with van der Waals surface area (Å²) in [6.45, 7) is 0. The van der Waals surface area contributed by atoms with Gasteiger partial charge in [-0.05, 0) is 61.3 Å². The molecule has 0 aliphatic heterocycles. The molecule has 4 aliphatic carbocycles. The monoisotopic (exact) mass is 228 g/mol. The molecule has 4 fully saturated rings. The van der Waals surface area contributed by atoms with Gasteiger partial charge in [-0.15, -0.1) is 0 Å². The molecule has 0 aromatic heterocycles. The first-order valence-electron chi connectivity index (χ1n) is 6.96. The molecule has 4 bridgehead atoms. The van der Waals surface area contributed by atoms with Crippen LogP contribution in [0.5, 0.6) is 0 Å². The van der Waals surface area contributed by atoms with Crippen LogP contribution in [0.15, 0.2) is 30.3 Å². The van der Waals surface area contributed by atoms with Gasteiger partial charge in [-0.1, -0.05) is 30.3 Å². The highest BCUT2D eigenvalue weighted by atomic mass is 16.3. The van der Waals surface area contributed by atoms with Crippen LogP contribution in [0.2, 0.25) is 0 Å². The third-order valence-corrected chi connectivity index (χ3v) is 5.42. The average molecular weight is 228 g/mol. The lowest BCUT2D eigenvalue weighted by molar-refractivity contribution is -0.136. The van der Waals surface area contributed by atoms with E-state index in [9.17, 15) is 5.11 Å². The van der Waals surface area contributed by atoms with Gasteiger partial charge in [0.05, 0.1) is 5.60 Å². The van der Waals surface area contributed by atoms with E-state index in [0.29, 0.717) is 5.41 Å². The summed E-state index contributed by atoms with van der Waals surface area (Å²) >= 11 is 0. The Morgan fingerprint density at radius 1 is 0.941 bits per heavy atom. The number of rotatable bonds is 1. The van der Waals surface area contributed by atoms with Gasteiger partial charge in [-0.25, -0.2) is 0 Å². The van der Waals surface area contributed by atoms with E-state index < -0.39 is 0 Å². The van der Waals surface area contributed by atoms with Crippen molar-refractivity contribution in [3.63, 3.8) is 0 Å². The molecule has 1 nitrogen and oxygen atoms in total. The molecule has 90 valence electrons. The van der Waals surface area contributed by atoms with Crippen LogP contribution in [-0.2, 0) is 5.41 Å². The molecule has 1 aromatic rings. The third kappa shape index (κ3) is 1.41. The number of hydrogen-bond donors (Lipinski definition) is 1. The van der Waals surface area contributed by atoms with Gasteiger partial charge in [0.25, 0.3) is 0 Å². The van der Waals surface area contributed by atoms with Gasteiger partial charge in [-0.2, -0.15) is 0 Å². The summed E-state index contributed by atoms with van der Waals surface area (Å²) in [5, 5.41) is 10.7. The van der Waals surface area contributed by atoms with Crippen molar-refractivity contribution in [2.75, 3.05) is 0 Å². The zero-order chi connectivity index (χ0) is 11.5. The van der Waals surface area contributed by atoms with Gasteiger partial charge in [0, 0.05) is 0 Å². The highest BCUT2D eigenvalue weighted by molar-refractivity contribution is 5.30. The van der Waals surface area contributed by atoms with Gasteiger partial charge in [-0.3, -0.25) is 0 Å². The van der Waals surface area contributed by atoms with E-state index in [1.54, 1.807) is 0 Å². The predicted octanol–water partition coefficient (Wildman–Crippen LogP) is 3.27. The molecule has 0 heterocycles. The van der Waals surface area contributed by atoms with Crippen LogP contribution in [0.3, 0.4) is 0 Å². The normalized spacial score (nSPS) is 47.4. The summed E-state index contributed by atoms with van der Waals surface area (Å²) in [5.41, 5.74) is 1.45. The van der Waals surface area contributed by atoms with Crippen LogP contribution in [0.25, 0.3) is 0 Å². The van der Waals surface area contributed by atoms with Crippen LogP contribution >= 0.6 is 0 Å². The lowest BCUT2D eigenvalue weighted by atomic mass is 9.46. The molecule has 2 atom stereocenters. The van der Waals surface area contributed by atoms with Crippen LogP contribution in [-0.4, -0.2) is 10.7 Å². The van der Waals surface area contributed by atoms with E-state index in [-0.39, 0.29) is 5.60 Å². The zero-order valence-electron chi connectivity index (χ0n) is 10.2. The van der Waals surface area contributed by atoms with Crippen molar-refractivity contribution in [2.45, 2.75) is 49.5 Å². The topological polar surface area (TPSA) is 20.2 Å². The molecular weight excluding hydrogens is 208 g/mol. The van der Waals surface area contributed by atoms with Crippen LogP contribution in [0, 0.1) is 11.8 Å². The van der Waals surface area contributed by atoms with Gasteiger partial charge < -0.3 is 5.11 Å². The van der Waals surface area contributed by atoms with Crippen LogP contribution < -0.4 is 0 Å². The molecule has 4 saturated carbocycles. The summed E-state index contributed by atoms with van der Waals surface area (Å²) < 4.78 is 0. The maximum atomic E-state index is 10.7. The van der Waals surface area contributed by atoms with Crippen LogP contribution in [0.1, 0.15) is 44.1 Å². The Hall–Kier alpha value is -0.820. The smallest absolute Gasteiger partial charge is 0.0661 e. The van der Waals surface area contributed by atoms with Crippen molar-refractivity contribution >= 4 is 0 Å². The van der Waals surface area contributed by atoms with Crippen LogP contribution in [0.4, 0.5) is 0 Å². The largest absolute Gasteiger partial charge is 0.390 e. The quantitative estimate of drug-likeness (QED) is 0.782. The Morgan fingerprint density at radius 3 is 2.18 bits per heavy atom. The highest BCUT2D eigenvalue weighted by Crippen LogP contribution is 2.62. The molecule has 2 unspecified atom stereocenters. The number of hydrogen-bond acceptors (Lipinski definition) is 1. The van der Waals surface area contributed by atoms with E-state index in [4.69, 9.17) is 0 Å². The van der Waals surface area contributed by atoms with Gasteiger partial charge >= 0.3 is 0 Å². The average Bonchev–Trinajstić information content (AvgIpc) is 2.27. The van der Waals surface area contributed by atoms with Crippen molar-refractivity contribution in [2.24, 2.45) is 11.8 Å². The summed E-state index contributed by atoms with van der Waals surface area (Å²) in [4.78, 5) is 0. The molecule has 5 rings (SSSR count). The maximum Gasteiger partial charge on any atom is 0.0661 e. The molecule has 1 N–H and O–H groups in total. The Bertz CT molecular complexity index is 422. The molecular formula is C16H20O. The van der Waals surface area contributed by atoms with E-state index in [0.717, 1.165) is 31.1 Å². The standard InChI is InChI=1S/C16H20O/c17-16-9-12-6-13(10-16)8-15(7-12,11-16)14-4-2-1-3-5-14/h1-5,12-13,17H,6-11H2. The second-order valence-corrected chi connectivity index (χ2v) is 6.83. The summed E-state index contributed by atoms with van der Waals surface area (Å²) in [6, 6.07) is 10.9. The Labute approximate surface area is 103 Å². The molecule has 17 heavy (non-hydrogen) atoms. The van der Waals surface area contributed by atoms with Crippen molar-refractivity contribution < 1.29 is 5.11 Å². The van der Waals surface area contributed by atoms with Gasteiger partial charge in [0.2, 0.25) is 0 Å². The first kappa shape index (κ1) is 10.1. The first-order chi connectivity index (χ1) is 8.18. The fourth-order valence-electron chi connectivity index (χ4n) is 5.34. The Balaban J connectivity index is 1.79. The lowest BCUT2D eigenvalue weighted by Gasteiger charge is -2.60. The minimum absolute atomic E-state index is 0.306. The zero-order valence-corrected chi connectivity index (χ0v) is 10.2. The van der Waals surface area contributed by atoms with Gasteiger partial charge in [0.15, 0.2) is 0 Å². The summed E-state index contributed by atoms with van der Waals surface area (Å²) in [5.74, 6) is 1.56. The predicted molar refractivity (Wildman–Crippen MR) is 67.8 cm³/mol. The number of aliphatic hydroxyl groups is 1. The minimum atomic E-state index is -0.333. The second-order valence-electron chi connectivity index (χ2n) is 6.83. The van der Waals surface area contributed by atoms with Crippen molar-refractivity contribution in [3.05, 3.63) is 35.9 Å². The molecule has 0 saturated heterocycles. The third-order valence-electron chi connectivity index (χ3n) is 5.42. The van der Waals surface area contributed by atoms with Gasteiger partial charge in [0.1, 0.15) is 0 Å². The maximum absolute atomic E-state index is 10.7. The summed E-state index contributed by atoms with van der Waals surface area (Å²) in [6.07, 6.45) is 7.15. The second kappa shape index (κ2) is 3.14. The van der Waals surface area contributed by atoms with Crippen molar-refractivity contribution in [1.29, 1.82) is 0 Å². The fourth-order valence-corrected chi connectivity index (χ4v) is 5.34. The van der Waals surface area contributed by atoms with E-state index in [1.807, 2.05) is 0 Å². The lowest BCUT2D eigenvalue weighted by Crippen LogP contribution is -2.57. The molecule has 4 aliphatic rings. The molecule has 0 radical (unpaired) electrons. The minimum Gasteiger partial charge on any atom is -0.390 e. The number of benzene rings is 1. The fraction of sp³-hybridized carbons (Fsp3) is 0.625.